The van der Waals surface area contributed by atoms with Crippen molar-refractivity contribution in [1.29, 1.82) is 0 Å². The van der Waals surface area contributed by atoms with Crippen LogP contribution >= 0.6 is 0 Å². The summed E-state index contributed by atoms with van der Waals surface area (Å²) in [6.45, 7) is 3.26. The molecule has 0 aromatic heterocycles. The zero-order valence-electron chi connectivity index (χ0n) is 11.3. The van der Waals surface area contributed by atoms with Crippen molar-refractivity contribution in [3.8, 4) is 0 Å². The fraction of sp³-hybridized carbons (Fsp3) is 0.625. The first-order valence-corrected chi connectivity index (χ1v) is 7.29. The van der Waals surface area contributed by atoms with Crippen LogP contribution in [0.3, 0.4) is 0 Å². The number of benzene rings is 1. The highest BCUT2D eigenvalue weighted by atomic mass is 15.2. The topological polar surface area (TPSA) is 29.3 Å². The second-order valence-corrected chi connectivity index (χ2v) is 6.13. The third kappa shape index (κ3) is 2.45. The molecular weight excluding hydrogens is 220 g/mol. The van der Waals surface area contributed by atoms with Crippen LogP contribution in [0.2, 0.25) is 0 Å². The monoisotopic (exact) mass is 244 g/mol. The van der Waals surface area contributed by atoms with Crippen molar-refractivity contribution in [3.05, 3.63) is 35.4 Å². The van der Waals surface area contributed by atoms with Gasteiger partial charge in [0.15, 0.2) is 0 Å². The van der Waals surface area contributed by atoms with E-state index in [0.717, 1.165) is 18.6 Å². The zero-order valence-corrected chi connectivity index (χ0v) is 11.3. The zero-order chi connectivity index (χ0) is 12.5. The highest BCUT2D eigenvalue weighted by Crippen LogP contribution is 2.34. The smallest absolute Gasteiger partial charge is 0.0239 e. The molecule has 1 aromatic carbocycles. The number of fused-ring (bicyclic) bond motifs is 2. The fourth-order valence-electron chi connectivity index (χ4n) is 3.68. The molecular formula is C16H24N2. The number of hydrogen-bond donors (Lipinski definition) is 1. The summed E-state index contributed by atoms with van der Waals surface area (Å²) in [7, 11) is 0. The van der Waals surface area contributed by atoms with Crippen LogP contribution in [0.1, 0.15) is 43.2 Å². The van der Waals surface area contributed by atoms with E-state index in [1.807, 2.05) is 0 Å². The molecule has 2 saturated heterocycles. The van der Waals surface area contributed by atoms with E-state index in [2.05, 4.69) is 36.1 Å². The van der Waals surface area contributed by atoms with Gasteiger partial charge in [-0.05, 0) is 38.2 Å². The third-order valence-electron chi connectivity index (χ3n) is 4.65. The summed E-state index contributed by atoms with van der Waals surface area (Å²) in [5.74, 6) is 0. The van der Waals surface area contributed by atoms with E-state index >= 15 is 0 Å². The fourth-order valence-corrected chi connectivity index (χ4v) is 3.68. The van der Waals surface area contributed by atoms with Gasteiger partial charge in [0.05, 0.1) is 0 Å². The van der Waals surface area contributed by atoms with Gasteiger partial charge in [0.2, 0.25) is 0 Å². The maximum atomic E-state index is 6.17. The minimum absolute atomic E-state index is 0.439. The van der Waals surface area contributed by atoms with Crippen molar-refractivity contribution in [3.63, 3.8) is 0 Å². The molecule has 2 bridgehead atoms. The van der Waals surface area contributed by atoms with Gasteiger partial charge in [0.1, 0.15) is 0 Å². The van der Waals surface area contributed by atoms with Gasteiger partial charge in [0.25, 0.3) is 0 Å². The van der Waals surface area contributed by atoms with Crippen LogP contribution in [0.4, 0.5) is 0 Å². The van der Waals surface area contributed by atoms with Gasteiger partial charge in [-0.15, -0.1) is 0 Å². The van der Waals surface area contributed by atoms with Crippen LogP contribution in [0, 0.1) is 6.92 Å². The van der Waals surface area contributed by atoms with Crippen molar-refractivity contribution in [2.24, 2.45) is 5.73 Å². The second kappa shape index (κ2) is 5.02. The molecule has 18 heavy (non-hydrogen) atoms. The first-order valence-electron chi connectivity index (χ1n) is 7.29. The molecule has 2 fully saturated rings. The lowest BCUT2D eigenvalue weighted by molar-refractivity contribution is 0.0245. The van der Waals surface area contributed by atoms with Gasteiger partial charge in [-0.25, -0.2) is 0 Å². The first-order chi connectivity index (χ1) is 8.72. The molecule has 0 radical (unpaired) electrons. The Morgan fingerprint density at radius 1 is 1.11 bits per heavy atom. The molecule has 2 aliphatic heterocycles. The summed E-state index contributed by atoms with van der Waals surface area (Å²) >= 11 is 0. The Kier molecular flexibility index (Phi) is 3.40. The Bertz CT molecular complexity index is 384. The molecule has 1 aromatic rings. The molecule has 2 aliphatic rings. The summed E-state index contributed by atoms with van der Waals surface area (Å²) in [5, 5.41) is 0. The molecule has 2 atom stereocenters. The maximum Gasteiger partial charge on any atom is 0.0239 e. The lowest BCUT2D eigenvalue weighted by Gasteiger charge is -2.48. The largest absolute Gasteiger partial charge is 0.328 e. The first kappa shape index (κ1) is 12.2. The Balaban J connectivity index is 1.73. The van der Waals surface area contributed by atoms with Crippen molar-refractivity contribution >= 4 is 0 Å². The second-order valence-electron chi connectivity index (χ2n) is 6.13. The van der Waals surface area contributed by atoms with Crippen LogP contribution in [0.5, 0.6) is 0 Å². The Hall–Kier alpha value is -0.860. The molecule has 2 nitrogen and oxygen atoms in total. The summed E-state index contributed by atoms with van der Waals surface area (Å²) in [6, 6.07) is 10.9. The average molecular weight is 244 g/mol. The van der Waals surface area contributed by atoms with E-state index in [9.17, 15) is 0 Å². The normalized spacial score (nSPS) is 32.4. The van der Waals surface area contributed by atoms with Gasteiger partial charge >= 0.3 is 0 Å². The number of nitrogens with zero attached hydrogens (tertiary/aromatic N) is 1. The van der Waals surface area contributed by atoms with E-state index < -0.39 is 0 Å². The number of rotatable bonds is 2. The van der Waals surface area contributed by atoms with Gasteiger partial charge in [0, 0.05) is 24.7 Å². The number of aryl methyl sites for hydroxylation is 1. The van der Waals surface area contributed by atoms with E-state index in [-0.39, 0.29) is 0 Å². The van der Waals surface area contributed by atoms with Crippen molar-refractivity contribution in [2.75, 3.05) is 0 Å². The highest BCUT2D eigenvalue weighted by Gasteiger charge is 2.36. The van der Waals surface area contributed by atoms with Crippen LogP contribution in [-0.2, 0) is 6.54 Å². The molecule has 0 amide bonds. The maximum absolute atomic E-state index is 6.17. The Morgan fingerprint density at radius 2 is 1.72 bits per heavy atom. The van der Waals surface area contributed by atoms with E-state index in [4.69, 9.17) is 5.73 Å². The van der Waals surface area contributed by atoms with E-state index in [1.54, 1.807) is 0 Å². The molecule has 2 unspecified atom stereocenters. The van der Waals surface area contributed by atoms with E-state index in [1.165, 1.54) is 43.2 Å². The van der Waals surface area contributed by atoms with Crippen molar-refractivity contribution in [1.82, 2.24) is 4.90 Å². The Morgan fingerprint density at radius 3 is 2.33 bits per heavy atom. The predicted octanol–water partition coefficient (Wildman–Crippen LogP) is 2.84. The summed E-state index contributed by atoms with van der Waals surface area (Å²) in [5.41, 5.74) is 8.97. The highest BCUT2D eigenvalue weighted by molar-refractivity contribution is 5.21. The lowest BCUT2D eigenvalue weighted by Crippen LogP contribution is -2.54. The summed E-state index contributed by atoms with van der Waals surface area (Å²) in [6.07, 6.45) is 6.48. The Labute approximate surface area is 110 Å². The van der Waals surface area contributed by atoms with Gasteiger partial charge in [-0.3, -0.25) is 4.90 Å². The standard InChI is InChI=1S/C16H24N2/c1-12-5-7-13(8-6-12)11-18-15-3-2-4-16(18)10-14(17)9-15/h5-8,14-16H,2-4,9-11,17H2,1H3. The quantitative estimate of drug-likeness (QED) is 0.867. The predicted molar refractivity (Wildman–Crippen MR) is 75.4 cm³/mol. The molecule has 3 rings (SSSR count). The van der Waals surface area contributed by atoms with Crippen molar-refractivity contribution in [2.45, 2.75) is 63.7 Å². The van der Waals surface area contributed by atoms with Crippen LogP contribution in [0.15, 0.2) is 24.3 Å². The molecule has 98 valence electrons. The number of nitrogens with two attached hydrogens (primary N) is 1. The SMILES string of the molecule is Cc1ccc(CN2C3CCCC2CC(N)C3)cc1. The molecule has 2 N–H and O–H groups in total. The summed E-state index contributed by atoms with van der Waals surface area (Å²) < 4.78 is 0. The van der Waals surface area contributed by atoms with Crippen LogP contribution in [-0.4, -0.2) is 23.0 Å². The third-order valence-corrected chi connectivity index (χ3v) is 4.65. The molecule has 2 heterocycles. The van der Waals surface area contributed by atoms with Crippen molar-refractivity contribution < 1.29 is 0 Å². The average Bonchev–Trinajstić information content (AvgIpc) is 2.33. The number of piperidine rings is 2. The molecule has 0 saturated carbocycles. The van der Waals surface area contributed by atoms with Gasteiger partial charge < -0.3 is 5.73 Å². The number of hydrogen-bond acceptors (Lipinski definition) is 2. The minimum Gasteiger partial charge on any atom is -0.328 e. The van der Waals surface area contributed by atoms with E-state index in [0.29, 0.717) is 6.04 Å². The van der Waals surface area contributed by atoms with Crippen LogP contribution < -0.4 is 5.73 Å². The minimum atomic E-state index is 0.439. The molecule has 0 spiro atoms. The lowest BCUT2D eigenvalue weighted by atomic mass is 9.82. The van der Waals surface area contributed by atoms with Crippen LogP contribution in [0.25, 0.3) is 0 Å². The van der Waals surface area contributed by atoms with Gasteiger partial charge in [-0.2, -0.15) is 0 Å². The molecule has 0 aliphatic carbocycles. The van der Waals surface area contributed by atoms with Gasteiger partial charge in [-0.1, -0.05) is 36.2 Å². The molecule has 2 heteroatoms. The summed E-state index contributed by atoms with van der Waals surface area (Å²) in [4.78, 5) is 2.72.